The molecule has 1 aromatic carbocycles. The Bertz CT molecular complexity index is 353. The minimum atomic E-state index is -0.784. The summed E-state index contributed by atoms with van der Waals surface area (Å²) >= 11 is 3.32. The zero-order valence-corrected chi connectivity index (χ0v) is 10.7. The lowest BCUT2D eigenvalue weighted by Gasteiger charge is -2.19. The van der Waals surface area contributed by atoms with Crippen LogP contribution in [0, 0.1) is 0 Å². The first-order chi connectivity index (χ1) is 7.54. The molecule has 88 valence electrons. The quantitative estimate of drug-likeness (QED) is 0.857. The summed E-state index contributed by atoms with van der Waals surface area (Å²) in [6.45, 7) is 1.73. The number of ether oxygens (including phenoxy) is 2. The fourth-order valence-corrected chi connectivity index (χ4v) is 1.39. The van der Waals surface area contributed by atoms with E-state index in [2.05, 4.69) is 20.7 Å². The third-order valence-corrected chi connectivity index (χ3v) is 2.64. The van der Waals surface area contributed by atoms with Gasteiger partial charge in [0.05, 0.1) is 7.11 Å². The average Bonchev–Trinajstić information content (AvgIpc) is 2.30. The Labute approximate surface area is 103 Å². The van der Waals surface area contributed by atoms with E-state index in [0.29, 0.717) is 5.75 Å². The molecule has 0 unspecified atom stereocenters. The summed E-state index contributed by atoms with van der Waals surface area (Å²) in [7, 11) is 1.30. The van der Waals surface area contributed by atoms with Gasteiger partial charge in [0.1, 0.15) is 17.9 Å². The van der Waals surface area contributed by atoms with Crippen LogP contribution in [-0.2, 0) is 9.53 Å². The highest BCUT2D eigenvalue weighted by molar-refractivity contribution is 9.10. The minimum Gasteiger partial charge on any atom is -0.488 e. The van der Waals surface area contributed by atoms with Crippen molar-refractivity contribution in [3.05, 3.63) is 28.7 Å². The van der Waals surface area contributed by atoms with Gasteiger partial charge in [-0.2, -0.15) is 0 Å². The van der Waals surface area contributed by atoms with Crippen molar-refractivity contribution in [1.82, 2.24) is 0 Å². The van der Waals surface area contributed by atoms with Gasteiger partial charge in [-0.25, -0.2) is 0 Å². The van der Waals surface area contributed by atoms with Gasteiger partial charge >= 0.3 is 5.97 Å². The third-order valence-electron chi connectivity index (χ3n) is 2.11. The predicted octanol–water partition coefficient (Wildman–Crippen LogP) is 1.72. The SMILES string of the molecule is COC(=O)[C@@H](N)[C@H](C)Oc1ccc(Br)cc1. The van der Waals surface area contributed by atoms with Crippen LogP contribution >= 0.6 is 15.9 Å². The molecule has 2 N–H and O–H groups in total. The van der Waals surface area contributed by atoms with Crippen LogP contribution < -0.4 is 10.5 Å². The van der Waals surface area contributed by atoms with E-state index in [1.807, 2.05) is 12.1 Å². The predicted molar refractivity (Wildman–Crippen MR) is 64.2 cm³/mol. The molecule has 0 aliphatic heterocycles. The van der Waals surface area contributed by atoms with E-state index in [0.717, 1.165) is 4.47 Å². The molecule has 1 rings (SSSR count). The molecule has 0 saturated carbocycles. The van der Waals surface area contributed by atoms with Crippen molar-refractivity contribution in [2.45, 2.75) is 19.1 Å². The normalized spacial score (nSPS) is 14.0. The van der Waals surface area contributed by atoms with Crippen LogP contribution in [0.1, 0.15) is 6.92 Å². The number of benzene rings is 1. The maximum atomic E-state index is 11.2. The molecule has 0 heterocycles. The molecule has 0 radical (unpaired) electrons. The van der Waals surface area contributed by atoms with Gasteiger partial charge in [-0.15, -0.1) is 0 Å². The van der Waals surface area contributed by atoms with E-state index >= 15 is 0 Å². The topological polar surface area (TPSA) is 61.5 Å². The zero-order chi connectivity index (χ0) is 12.1. The third kappa shape index (κ3) is 3.50. The molecule has 1 aromatic rings. The fraction of sp³-hybridized carbons (Fsp3) is 0.364. The van der Waals surface area contributed by atoms with Crippen molar-refractivity contribution in [1.29, 1.82) is 0 Å². The van der Waals surface area contributed by atoms with Crippen LogP contribution in [0.3, 0.4) is 0 Å². The molecule has 0 aromatic heterocycles. The Morgan fingerprint density at radius 2 is 1.94 bits per heavy atom. The lowest BCUT2D eigenvalue weighted by molar-refractivity contribution is -0.144. The number of halogens is 1. The van der Waals surface area contributed by atoms with E-state index in [1.165, 1.54) is 7.11 Å². The van der Waals surface area contributed by atoms with Crippen LogP contribution in [0.15, 0.2) is 28.7 Å². The molecule has 0 aliphatic rings. The minimum absolute atomic E-state index is 0.436. The summed E-state index contributed by atoms with van der Waals surface area (Å²) in [6.07, 6.45) is -0.436. The van der Waals surface area contributed by atoms with Gasteiger partial charge in [0, 0.05) is 4.47 Å². The lowest BCUT2D eigenvalue weighted by Crippen LogP contribution is -2.44. The van der Waals surface area contributed by atoms with Crippen molar-refractivity contribution in [3.8, 4) is 5.75 Å². The highest BCUT2D eigenvalue weighted by atomic mass is 79.9. The van der Waals surface area contributed by atoms with Gasteiger partial charge in [0.15, 0.2) is 0 Å². The van der Waals surface area contributed by atoms with Crippen LogP contribution in [-0.4, -0.2) is 25.2 Å². The maximum Gasteiger partial charge on any atom is 0.326 e. The molecule has 0 bridgehead atoms. The number of methoxy groups -OCH3 is 1. The second kappa shape index (κ2) is 5.86. The first-order valence-electron chi connectivity index (χ1n) is 4.80. The molecular weight excluding hydrogens is 274 g/mol. The number of rotatable bonds is 4. The molecule has 0 spiro atoms. The second-order valence-corrected chi connectivity index (χ2v) is 4.24. The van der Waals surface area contributed by atoms with Gasteiger partial charge in [0.2, 0.25) is 0 Å². The van der Waals surface area contributed by atoms with Crippen molar-refractivity contribution >= 4 is 21.9 Å². The summed E-state index contributed by atoms with van der Waals surface area (Å²) in [6, 6.07) is 6.51. The zero-order valence-electron chi connectivity index (χ0n) is 9.14. The molecule has 5 heteroatoms. The average molecular weight is 288 g/mol. The van der Waals surface area contributed by atoms with E-state index in [-0.39, 0.29) is 0 Å². The van der Waals surface area contributed by atoms with Crippen LogP contribution in [0.25, 0.3) is 0 Å². The summed E-state index contributed by atoms with van der Waals surface area (Å²) in [5.74, 6) is 0.180. The van der Waals surface area contributed by atoms with Gasteiger partial charge in [0.25, 0.3) is 0 Å². The fourth-order valence-electron chi connectivity index (χ4n) is 1.13. The van der Waals surface area contributed by atoms with Gasteiger partial charge < -0.3 is 15.2 Å². The first-order valence-corrected chi connectivity index (χ1v) is 5.59. The van der Waals surface area contributed by atoms with E-state index in [1.54, 1.807) is 19.1 Å². The molecular formula is C11H14BrNO3. The lowest BCUT2D eigenvalue weighted by atomic mass is 10.2. The number of nitrogens with two attached hydrogens (primary N) is 1. The second-order valence-electron chi connectivity index (χ2n) is 3.33. The molecule has 4 nitrogen and oxygen atoms in total. The van der Waals surface area contributed by atoms with E-state index < -0.39 is 18.1 Å². The Hall–Kier alpha value is -1.07. The Morgan fingerprint density at radius 1 is 1.38 bits per heavy atom. The highest BCUT2D eigenvalue weighted by Crippen LogP contribution is 2.17. The molecule has 2 atom stereocenters. The number of carbonyl (C=O) groups excluding carboxylic acids is 1. The van der Waals surface area contributed by atoms with Gasteiger partial charge in [-0.1, -0.05) is 15.9 Å². The highest BCUT2D eigenvalue weighted by Gasteiger charge is 2.22. The summed E-state index contributed by atoms with van der Waals surface area (Å²) in [5, 5.41) is 0. The molecule has 16 heavy (non-hydrogen) atoms. The Kier molecular flexibility index (Phi) is 4.76. The van der Waals surface area contributed by atoms with E-state index in [9.17, 15) is 4.79 Å². The van der Waals surface area contributed by atoms with Crippen molar-refractivity contribution in [2.75, 3.05) is 7.11 Å². The first kappa shape index (κ1) is 13.0. The number of esters is 1. The molecule has 0 saturated heterocycles. The Morgan fingerprint density at radius 3 is 2.44 bits per heavy atom. The standard InChI is InChI=1S/C11H14BrNO3/c1-7(10(13)11(14)15-2)16-9-5-3-8(12)4-6-9/h3-7,10H,13H2,1-2H3/t7-,10-/m0/s1. The number of carbonyl (C=O) groups is 1. The smallest absolute Gasteiger partial charge is 0.326 e. The van der Waals surface area contributed by atoms with Crippen LogP contribution in [0.5, 0.6) is 5.75 Å². The van der Waals surface area contributed by atoms with Gasteiger partial charge in [-0.3, -0.25) is 4.79 Å². The monoisotopic (exact) mass is 287 g/mol. The molecule has 0 amide bonds. The summed E-state index contributed by atoms with van der Waals surface area (Å²) in [5.41, 5.74) is 5.64. The maximum absolute atomic E-state index is 11.2. The molecule has 0 aliphatic carbocycles. The summed E-state index contributed by atoms with van der Waals surface area (Å²) in [4.78, 5) is 11.2. The van der Waals surface area contributed by atoms with E-state index in [4.69, 9.17) is 10.5 Å². The van der Waals surface area contributed by atoms with Crippen molar-refractivity contribution < 1.29 is 14.3 Å². The van der Waals surface area contributed by atoms with Crippen LogP contribution in [0.4, 0.5) is 0 Å². The van der Waals surface area contributed by atoms with Crippen molar-refractivity contribution in [2.24, 2.45) is 5.73 Å². The number of hydrogen-bond acceptors (Lipinski definition) is 4. The summed E-state index contributed by atoms with van der Waals surface area (Å²) < 4.78 is 11.0. The number of hydrogen-bond donors (Lipinski definition) is 1. The largest absolute Gasteiger partial charge is 0.488 e. The van der Waals surface area contributed by atoms with Crippen molar-refractivity contribution in [3.63, 3.8) is 0 Å². The Balaban J connectivity index is 2.60. The van der Waals surface area contributed by atoms with Crippen LogP contribution in [0.2, 0.25) is 0 Å². The molecule has 0 fully saturated rings. The van der Waals surface area contributed by atoms with Gasteiger partial charge in [-0.05, 0) is 31.2 Å².